The van der Waals surface area contributed by atoms with Gasteiger partial charge in [-0.15, -0.1) is 0 Å². The van der Waals surface area contributed by atoms with Crippen molar-refractivity contribution in [2.24, 2.45) is 5.92 Å². The number of hydrogen-bond acceptors (Lipinski definition) is 7. The number of carbonyl (C=O) groups is 2. The number of carbonyl (C=O) groups excluding carboxylic acids is 2. The Kier molecular flexibility index (Phi) is 8.87. The van der Waals surface area contributed by atoms with Gasteiger partial charge in [-0.2, -0.15) is 0 Å². The third kappa shape index (κ3) is 6.14. The number of aromatic nitrogens is 1. The lowest BCUT2D eigenvalue weighted by Gasteiger charge is -2.44. The van der Waals surface area contributed by atoms with E-state index in [9.17, 15) is 14.4 Å². The van der Waals surface area contributed by atoms with Crippen LogP contribution in [0, 0.1) is 5.92 Å². The molecule has 11 heteroatoms. The Morgan fingerprint density at radius 2 is 1.62 bits per heavy atom. The number of piperazine rings is 1. The Labute approximate surface area is 288 Å². The maximum atomic E-state index is 13.9. The number of amides is 2. The first-order chi connectivity index (χ1) is 23.3. The van der Waals surface area contributed by atoms with E-state index in [0.717, 1.165) is 35.8 Å². The van der Waals surface area contributed by atoms with Gasteiger partial charge in [-0.05, 0) is 82.9 Å². The molecule has 248 valence electrons. The molecule has 0 spiro atoms. The predicted molar refractivity (Wildman–Crippen MR) is 190 cm³/mol. The molecule has 2 saturated heterocycles. The number of methoxy groups -OCH3 is 2. The summed E-state index contributed by atoms with van der Waals surface area (Å²) in [6.07, 6.45) is 1.01. The molecule has 0 saturated carbocycles. The molecule has 3 aliphatic rings. The van der Waals surface area contributed by atoms with E-state index >= 15 is 0 Å². The van der Waals surface area contributed by atoms with Gasteiger partial charge in [0, 0.05) is 73.5 Å². The summed E-state index contributed by atoms with van der Waals surface area (Å²) in [5.41, 5.74) is 4.46. The SMILES string of the molecule is COc1ccc(Br)c(C(=O)Nc2cc(C(=O)N3CCN(c4ccccc4OC)CC3)ccc2N2C[C@H]3C[C@@H](C2)c2cccc(=O)n2C3)c1. The molecule has 10 nitrogen and oxygen atoms in total. The van der Waals surface area contributed by atoms with Gasteiger partial charge in [0.2, 0.25) is 0 Å². The normalized spacial score (nSPS) is 18.6. The van der Waals surface area contributed by atoms with Crippen LogP contribution in [0.1, 0.15) is 38.7 Å². The van der Waals surface area contributed by atoms with E-state index in [0.29, 0.717) is 66.3 Å². The zero-order chi connectivity index (χ0) is 33.4. The Morgan fingerprint density at radius 1 is 0.812 bits per heavy atom. The van der Waals surface area contributed by atoms with Crippen LogP contribution in [0.5, 0.6) is 11.5 Å². The minimum atomic E-state index is -0.314. The third-order valence-corrected chi connectivity index (χ3v) is 10.4. The van der Waals surface area contributed by atoms with E-state index < -0.39 is 0 Å². The Morgan fingerprint density at radius 3 is 2.42 bits per heavy atom. The van der Waals surface area contributed by atoms with Gasteiger partial charge in [0.05, 0.1) is 36.8 Å². The van der Waals surface area contributed by atoms with Gasteiger partial charge in [-0.3, -0.25) is 14.4 Å². The van der Waals surface area contributed by atoms with Crippen molar-refractivity contribution < 1.29 is 19.1 Å². The minimum Gasteiger partial charge on any atom is -0.497 e. The number of piperidine rings is 1. The van der Waals surface area contributed by atoms with Crippen LogP contribution in [0.3, 0.4) is 0 Å². The van der Waals surface area contributed by atoms with Gasteiger partial charge in [0.15, 0.2) is 0 Å². The lowest BCUT2D eigenvalue weighted by Crippen LogP contribution is -2.49. The van der Waals surface area contributed by atoms with Crippen molar-refractivity contribution in [3.8, 4) is 11.5 Å². The van der Waals surface area contributed by atoms with E-state index in [2.05, 4.69) is 31.0 Å². The summed E-state index contributed by atoms with van der Waals surface area (Å²) in [6, 6.07) is 24.3. The van der Waals surface area contributed by atoms with Crippen molar-refractivity contribution in [1.82, 2.24) is 9.47 Å². The molecule has 0 aliphatic carbocycles. The highest BCUT2D eigenvalue weighted by molar-refractivity contribution is 9.10. The molecular weight excluding hydrogens is 674 g/mol. The molecule has 1 N–H and O–H groups in total. The molecule has 4 heterocycles. The fourth-order valence-electron chi connectivity index (χ4n) is 7.36. The van der Waals surface area contributed by atoms with Gasteiger partial charge in [-0.1, -0.05) is 18.2 Å². The quantitative estimate of drug-likeness (QED) is 0.272. The number of nitrogens with zero attached hydrogens (tertiary/aromatic N) is 4. The van der Waals surface area contributed by atoms with E-state index in [-0.39, 0.29) is 29.2 Å². The van der Waals surface area contributed by atoms with E-state index in [4.69, 9.17) is 9.47 Å². The van der Waals surface area contributed by atoms with Crippen molar-refractivity contribution in [2.75, 3.05) is 68.6 Å². The van der Waals surface area contributed by atoms with Crippen molar-refractivity contribution >= 4 is 44.8 Å². The molecule has 7 rings (SSSR count). The summed E-state index contributed by atoms with van der Waals surface area (Å²) in [6.45, 7) is 4.58. The Bertz CT molecular complexity index is 1920. The van der Waals surface area contributed by atoms with Crippen LogP contribution >= 0.6 is 15.9 Å². The fraction of sp³-hybridized carbons (Fsp3) is 0.324. The van der Waals surface area contributed by atoms with Crippen LogP contribution in [0.4, 0.5) is 17.1 Å². The highest BCUT2D eigenvalue weighted by Crippen LogP contribution is 2.40. The zero-order valence-electron chi connectivity index (χ0n) is 27.0. The van der Waals surface area contributed by atoms with E-state index in [1.165, 1.54) is 0 Å². The van der Waals surface area contributed by atoms with Crippen LogP contribution in [0.25, 0.3) is 0 Å². The van der Waals surface area contributed by atoms with E-state index in [1.807, 2.05) is 58.0 Å². The zero-order valence-corrected chi connectivity index (χ0v) is 28.6. The van der Waals surface area contributed by atoms with Crippen molar-refractivity contribution in [3.05, 3.63) is 111 Å². The fourth-order valence-corrected chi connectivity index (χ4v) is 7.78. The smallest absolute Gasteiger partial charge is 0.257 e. The molecule has 2 amide bonds. The maximum Gasteiger partial charge on any atom is 0.257 e. The van der Waals surface area contributed by atoms with E-state index in [1.54, 1.807) is 44.6 Å². The highest BCUT2D eigenvalue weighted by atomic mass is 79.9. The molecule has 48 heavy (non-hydrogen) atoms. The second-order valence-corrected chi connectivity index (χ2v) is 13.4. The largest absolute Gasteiger partial charge is 0.497 e. The average molecular weight is 713 g/mol. The molecule has 3 aliphatic heterocycles. The summed E-state index contributed by atoms with van der Waals surface area (Å²) in [4.78, 5) is 46.7. The lowest BCUT2D eigenvalue weighted by molar-refractivity contribution is 0.0746. The number of fused-ring (bicyclic) bond motifs is 4. The highest BCUT2D eigenvalue weighted by Gasteiger charge is 2.36. The molecule has 2 atom stereocenters. The first-order valence-corrected chi connectivity index (χ1v) is 17.0. The second-order valence-electron chi connectivity index (χ2n) is 12.6. The molecule has 4 aromatic rings. The number of anilines is 3. The van der Waals surface area contributed by atoms with Crippen LogP contribution < -0.4 is 30.1 Å². The van der Waals surface area contributed by atoms with Crippen LogP contribution in [-0.4, -0.2) is 74.8 Å². The Balaban J connectivity index is 1.17. The van der Waals surface area contributed by atoms with Gasteiger partial charge < -0.3 is 34.1 Å². The second kappa shape index (κ2) is 13.4. The molecule has 0 radical (unpaired) electrons. The first-order valence-electron chi connectivity index (χ1n) is 16.2. The molecule has 2 bridgehead atoms. The van der Waals surface area contributed by atoms with Gasteiger partial charge in [0.25, 0.3) is 17.4 Å². The number of nitrogens with one attached hydrogen (secondary N) is 1. The molecule has 3 aromatic carbocycles. The standard InChI is InChI=1S/C37H38BrN5O5/c1-47-27-11-12-29(38)28(20-27)36(45)39-30-19-25(37(46)41-16-14-40(15-17-41)33-6-3-4-8-34(33)48-2)10-13-32(30)42-21-24-18-26(23-42)31-7-5-9-35(44)43(31)22-24/h3-13,19-20,24,26H,14-18,21-23H2,1-2H3,(H,39,45)/t24-,26+/m1/s1. The number of ether oxygens (including phenoxy) is 2. The summed E-state index contributed by atoms with van der Waals surface area (Å²) >= 11 is 3.52. The number of rotatable bonds is 7. The third-order valence-electron chi connectivity index (χ3n) is 9.72. The number of hydrogen-bond donors (Lipinski definition) is 1. The molecule has 0 unspecified atom stereocenters. The monoisotopic (exact) mass is 711 g/mol. The Hall–Kier alpha value is -4.77. The van der Waals surface area contributed by atoms with Gasteiger partial charge >= 0.3 is 0 Å². The predicted octanol–water partition coefficient (Wildman–Crippen LogP) is 5.47. The summed E-state index contributed by atoms with van der Waals surface area (Å²) < 4.78 is 13.5. The van der Waals surface area contributed by atoms with Crippen molar-refractivity contribution in [2.45, 2.75) is 18.9 Å². The number of para-hydroxylation sites is 2. The lowest BCUT2D eigenvalue weighted by atomic mass is 9.83. The van der Waals surface area contributed by atoms with Crippen LogP contribution in [0.15, 0.2) is 88.1 Å². The number of benzene rings is 3. The van der Waals surface area contributed by atoms with Crippen LogP contribution in [-0.2, 0) is 6.54 Å². The minimum absolute atomic E-state index is 0.0408. The topological polar surface area (TPSA) is 96.3 Å². The number of halogens is 1. The molecule has 1 aromatic heterocycles. The first kappa shape index (κ1) is 31.8. The summed E-state index contributed by atoms with van der Waals surface area (Å²) in [5, 5.41) is 3.14. The van der Waals surface area contributed by atoms with Crippen molar-refractivity contribution in [3.63, 3.8) is 0 Å². The maximum absolute atomic E-state index is 13.9. The molecular formula is C37H38BrN5O5. The van der Waals surface area contributed by atoms with Gasteiger partial charge in [0.1, 0.15) is 11.5 Å². The number of pyridine rings is 1. The average Bonchev–Trinajstić information content (AvgIpc) is 3.12. The van der Waals surface area contributed by atoms with Crippen molar-refractivity contribution in [1.29, 1.82) is 0 Å². The summed E-state index contributed by atoms with van der Waals surface area (Å²) in [5.74, 6) is 1.46. The summed E-state index contributed by atoms with van der Waals surface area (Å²) in [7, 11) is 3.23. The van der Waals surface area contributed by atoms with Crippen LogP contribution in [0.2, 0.25) is 0 Å². The molecule has 2 fully saturated rings. The van der Waals surface area contributed by atoms with Gasteiger partial charge in [-0.25, -0.2) is 0 Å².